The van der Waals surface area contributed by atoms with Gasteiger partial charge in [0, 0.05) is 32.0 Å². The van der Waals surface area contributed by atoms with Crippen LogP contribution in [-0.2, 0) is 21.4 Å². The third-order valence-electron chi connectivity index (χ3n) is 6.36. The van der Waals surface area contributed by atoms with Gasteiger partial charge >= 0.3 is 0 Å². The Kier molecular flexibility index (Phi) is 5.69. The third-order valence-corrected chi connectivity index (χ3v) is 8.16. The smallest absolute Gasteiger partial charge is 0.244 e. The van der Waals surface area contributed by atoms with Gasteiger partial charge in [-0.3, -0.25) is 9.78 Å². The second-order valence-corrected chi connectivity index (χ2v) is 10.1. The van der Waals surface area contributed by atoms with E-state index in [2.05, 4.69) is 10.3 Å². The van der Waals surface area contributed by atoms with E-state index in [1.54, 1.807) is 18.3 Å². The van der Waals surface area contributed by atoms with Crippen molar-refractivity contribution in [3.8, 4) is 0 Å². The first-order valence-electron chi connectivity index (χ1n) is 10.2. The summed E-state index contributed by atoms with van der Waals surface area (Å²) in [5.41, 5.74) is 0.769. The molecule has 1 unspecified atom stereocenters. The van der Waals surface area contributed by atoms with E-state index in [0.717, 1.165) is 37.7 Å². The second kappa shape index (κ2) is 8.24. The normalized spacial score (nSPS) is 21.9. The second-order valence-electron chi connectivity index (χ2n) is 8.17. The topological polar surface area (TPSA) is 79.4 Å². The highest BCUT2D eigenvalue weighted by Gasteiger charge is 2.53. The molecular formula is C22H27N3O3S. The van der Waals surface area contributed by atoms with Crippen LogP contribution in [0.15, 0.2) is 59.8 Å². The van der Waals surface area contributed by atoms with Crippen LogP contribution in [0.5, 0.6) is 0 Å². The van der Waals surface area contributed by atoms with Gasteiger partial charge in [-0.15, -0.1) is 0 Å². The van der Waals surface area contributed by atoms with E-state index in [4.69, 9.17) is 0 Å². The molecule has 1 aromatic carbocycles. The van der Waals surface area contributed by atoms with Gasteiger partial charge in [0.05, 0.1) is 5.92 Å². The number of sulfonamides is 1. The maximum Gasteiger partial charge on any atom is 0.244 e. The van der Waals surface area contributed by atoms with Crippen molar-refractivity contribution in [1.82, 2.24) is 14.6 Å². The lowest BCUT2D eigenvalue weighted by Crippen LogP contribution is -2.42. The van der Waals surface area contributed by atoms with E-state index >= 15 is 0 Å². The monoisotopic (exact) mass is 413 g/mol. The minimum Gasteiger partial charge on any atom is -0.352 e. The van der Waals surface area contributed by atoms with Gasteiger partial charge in [0.1, 0.15) is 4.90 Å². The molecule has 2 aromatic rings. The number of amides is 1. The Morgan fingerprint density at radius 2 is 1.86 bits per heavy atom. The molecule has 1 amide bonds. The molecule has 1 spiro atoms. The van der Waals surface area contributed by atoms with Gasteiger partial charge in [0.15, 0.2) is 0 Å². The average Bonchev–Trinajstić information content (AvgIpc) is 3.13. The van der Waals surface area contributed by atoms with Crippen LogP contribution in [0.3, 0.4) is 0 Å². The first-order valence-corrected chi connectivity index (χ1v) is 11.7. The first-order chi connectivity index (χ1) is 14.0. The van der Waals surface area contributed by atoms with Crippen molar-refractivity contribution in [3.05, 3.63) is 60.4 Å². The molecule has 154 valence electrons. The largest absolute Gasteiger partial charge is 0.352 e. The molecular weight excluding hydrogens is 386 g/mol. The maximum absolute atomic E-state index is 13.2. The fourth-order valence-corrected chi connectivity index (χ4v) is 6.30. The minimum absolute atomic E-state index is 0.0420. The van der Waals surface area contributed by atoms with Gasteiger partial charge in [-0.2, -0.15) is 4.31 Å². The Labute approximate surface area is 172 Å². The lowest BCUT2D eigenvalue weighted by molar-refractivity contribution is -0.128. The predicted octanol–water partition coefficient (Wildman–Crippen LogP) is 2.97. The van der Waals surface area contributed by atoms with Gasteiger partial charge in [0.2, 0.25) is 15.9 Å². The highest BCUT2D eigenvalue weighted by molar-refractivity contribution is 7.89. The Morgan fingerprint density at radius 1 is 1.10 bits per heavy atom. The molecule has 1 saturated carbocycles. The van der Waals surface area contributed by atoms with E-state index in [0.29, 0.717) is 13.1 Å². The predicted molar refractivity (Wildman–Crippen MR) is 110 cm³/mol. The number of nitrogens with zero attached hydrogens (tertiary/aromatic N) is 2. The molecule has 0 bridgehead atoms. The molecule has 1 aromatic heterocycles. The molecule has 29 heavy (non-hydrogen) atoms. The molecule has 2 aliphatic rings. The summed E-state index contributed by atoms with van der Waals surface area (Å²) >= 11 is 0. The van der Waals surface area contributed by atoms with Crippen LogP contribution in [0.4, 0.5) is 0 Å². The van der Waals surface area contributed by atoms with Crippen molar-refractivity contribution in [2.24, 2.45) is 11.3 Å². The SMILES string of the molecule is O=C(NCc1ccccc1)C1CN(S(=O)(=O)c2cccnc2)CC12CCCCC2. The highest BCUT2D eigenvalue weighted by Crippen LogP contribution is 2.48. The molecule has 1 aliphatic carbocycles. The van der Waals surface area contributed by atoms with Gasteiger partial charge in [-0.1, -0.05) is 49.6 Å². The molecule has 6 nitrogen and oxygen atoms in total. The molecule has 1 atom stereocenters. The molecule has 1 aliphatic heterocycles. The quantitative estimate of drug-likeness (QED) is 0.817. The molecule has 2 fully saturated rings. The summed E-state index contributed by atoms with van der Waals surface area (Å²) in [6, 6.07) is 13.0. The first kappa shape index (κ1) is 20.0. The Morgan fingerprint density at radius 3 is 2.55 bits per heavy atom. The van der Waals surface area contributed by atoms with Crippen LogP contribution >= 0.6 is 0 Å². The van der Waals surface area contributed by atoms with Crippen molar-refractivity contribution in [2.75, 3.05) is 13.1 Å². The van der Waals surface area contributed by atoms with Crippen LogP contribution in [-0.4, -0.2) is 36.7 Å². The molecule has 2 heterocycles. The van der Waals surface area contributed by atoms with Crippen molar-refractivity contribution >= 4 is 15.9 Å². The summed E-state index contributed by atoms with van der Waals surface area (Å²) in [6.07, 6.45) is 7.98. The number of carbonyl (C=O) groups is 1. The highest BCUT2D eigenvalue weighted by atomic mass is 32.2. The van der Waals surface area contributed by atoms with Gasteiger partial charge in [-0.05, 0) is 36.0 Å². The number of hydrogen-bond acceptors (Lipinski definition) is 4. The van der Waals surface area contributed by atoms with E-state index in [-0.39, 0.29) is 28.7 Å². The summed E-state index contributed by atoms with van der Waals surface area (Å²) < 4.78 is 27.8. The van der Waals surface area contributed by atoms with Crippen molar-refractivity contribution in [1.29, 1.82) is 0 Å². The maximum atomic E-state index is 13.2. The van der Waals surface area contributed by atoms with Crippen LogP contribution in [0.2, 0.25) is 0 Å². The number of pyridine rings is 1. The number of carbonyl (C=O) groups excluding carboxylic acids is 1. The van der Waals surface area contributed by atoms with E-state index < -0.39 is 10.0 Å². The fourth-order valence-electron chi connectivity index (χ4n) is 4.79. The van der Waals surface area contributed by atoms with Crippen molar-refractivity contribution in [2.45, 2.75) is 43.5 Å². The summed E-state index contributed by atoms with van der Waals surface area (Å²) in [7, 11) is -3.66. The summed E-state index contributed by atoms with van der Waals surface area (Å²) in [6.45, 7) is 1.10. The van der Waals surface area contributed by atoms with Crippen molar-refractivity contribution in [3.63, 3.8) is 0 Å². The van der Waals surface area contributed by atoms with Crippen LogP contribution < -0.4 is 5.32 Å². The minimum atomic E-state index is -3.66. The molecule has 7 heteroatoms. The zero-order valence-corrected chi connectivity index (χ0v) is 17.3. The molecule has 1 saturated heterocycles. The average molecular weight is 414 g/mol. The third kappa shape index (κ3) is 4.07. The van der Waals surface area contributed by atoms with E-state index in [1.807, 2.05) is 30.3 Å². The van der Waals surface area contributed by atoms with E-state index in [9.17, 15) is 13.2 Å². The lowest BCUT2D eigenvalue weighted by Gasteiger charge is -2.37. The van der Waals surface area contributed by atoms with Gasteiger partial charge in [0.25, 0.3) is 0 Å². The Hall–Kier alpha value is -2.25. The van der Waals surface area contributed by atoms with Crippen LogP contribution in [0.1, 0.15) is 37.7 Å². The zero-order valence-electron chi connectivity index (χ0n) is 16.5. The summed E-state index contributed by atoms with van der Waals surface area (Å²) in [5, 5.41) is 3.05. The van der Waals surface area contributed by atoms with Gasteiger partial charge < -0.3 is 5.32 Å². The number of hydrogen-bond donors (Lipinski definition) is 1. The molecule has 1 N–H and O–H groups in total. The van der Waals surface area contributed by atoms with E-state index in [1.165, 1.54) is 10.5 Å². The summed E-state index contributed by atoms with van der Waals surface area (Å²) in [4.78, 5) is 17.3. The molecule has 4 rings (SSSR count). The molecule has 0 radical (unpaired) electrons. The standard InChI is InChI=1S/C22H27N3O3S/c26-21(24-14-18-8-3-1-4-9-18)20-16-25(17-22(20)11-5-2-6-12-22)29(27,28)19-10-7-13-23-15-19/h1,3-4,7-10,13,15,20H,2,5-6,11-12,14,16-17H2,(H,24,26). The zero-order chi connectivity index (χ0) is 20.3. The van der Waals surface area contributed by atoms with Crippen LogP contribution in [0, 0.1) is 11.3 Å². The van der Waals surface area contributed by atoms with Gasteiger partial charge in [-0.25, -0.2) is 8.42 Å². The number of rotatable bonds is 5. The number of nitrogens with one attached hydrogen (secondary N) is 1. The van der Waals surface area contributed by atoms with Crippen LogP contribution in [0.25, 0.3) is 0 Å². The fraction of sp³-hybridized carbons (Fsp3) is 0.455. The number of benzene rings is 1. The van der Waals surface area contributed by atoms with Crippen molar-refractivity contribution < 1.29 is 13.2 Å². The number of aromatic nitrogens is 1. The lowest BCUT2D eigenvalue weighted by atomic mass is 9.67. The summed E-state index contributed by atoms with van der Waals surface area (Å²) in [5.74, 6) is -0.363. The Balaban J connectivity index is 1.55. The Bertz CT molecular complexity index is 942.